The van der Waals surface area contributed by atoms with Crippen LogP contribution in [0.15, 0.2) is 17.5 Å². The van der Waals surface area contributed by atoms with E-state index in [1.165, 1.54) is 33.6 Å². The van der Waals surface area contributed by atoms with Crippen LogP contribution in [0.5, 0.6) is 0 Å². The number of thiazole rings is 1. The van der Waals surface area contributed by atoms with Crippen LogP contribution >= 0.6 is 11.3 Å². The smallest absolute Gasteiger partial charge is 0.225 e. The Kier molecular flexibility index (Phi) is 7.18. The van der Waals surface area contributed by atoms with E-state index in [0.29, 0.717) is 30.8 Å². The Bertz CT molecular complexity index is 764. The number of nitrogens with two attached hydrogens (primary N) is 1. The van der Waals surface area contributed by atoms with Crippen molar-refractivity contribution in [1.29, 1.82) is 0 Å². The van der Waals surface area contributed by atoms with Crippen molar-refractivity contribution < 1.29 is 4.79 Å². The molecule has 0 spiro atoms. The molecule has 1 aromatic carbocycles. The predicted octanol–water partition coefficient (Wildman–Crippen LogP) is 5.49. The van der Waals surface area contributed by atoms with Crippen molar-refractivity contribution in [3.8, 4) is 11.3 Å². The summed E-state index contributed by atoms with van der Waals surface area (Å²) < 4.78 is 0. The van der Waals surface area contributed by atoms with Gasteiger partial charge in [-0.2, -0.15) is 0 Å². The molecular formula is C22H33N3OS. The molecule has 0 fully saturated rings. The number of carbonyl (C=O) groups excluding carboxylic acids is 1. The van der Waals surface area contributed by atoms with Gasteiger partial charge in [0.1, 0.15) is 0 Å². The van der Waals surface area contributed by atoms with Crippen molar-refractivity contribution >= 4 is 22.4 Å². The molecule has 2 aromatic rings. The highest BCUT2D eigenvalue weighted by molar-refractivity contribution is 7.14. The molecule has 27 heavy (non-hydrogen) atoms. The zero-order valence-corrected chi connectivity index (χ0v) is 18.5. The van der Waals surface area contributed by atoms with Crippen molar-refractivity contribution in [3.05, 3.63) is 34.2 Å². The average Bonchev–Trinajstić information content (AvgIpc) is 3.07. The van der Waals surface area contributed by atoms with E-state index in [9.17, 15) is 4.79 Å². The van der Waals surface area contributed by atoms with E-state index in [1.54, 1.807) is 11.8 Å². The summed E-state index contributed by atoms with van der Waals surface area (Å²) in [5.74, 6) is 1.26. The van der Waals surface area contributed by atoms with Crippen LogP contribution < -0.4 is 10.6 Å². The molecule has 0 saturated heterocycles. The Balaban J connectivity index is 2.65. The molecule has 0 radical (unpaired) electrons. The molecular weight excluding hydrogens is 354 g/mol. The molecule has 0 saturated carbocycles. The number of rotatable bonds is 7. The fraction of sp³-hybridized carbons (Fsp3) is 0.545. The van der Waals surface area contributed by atoms with Gasteiger partial charge in [0.2, 0.25) is 5.91 Å². The Labute approximate surface area is 167 Å². The van der Waals surface area contributed by atoms with Gasteiger partial charge in [0.15, 0.2) is 5.13 Å². The first-order valence-electron chi connectivity index (χ1n) is 9.79. The maximum Gasteiger partial charge on any atom is 0.225 e. The number of hydrogen-bond acceptors (Lipinski definition) is 4. The molecule has 5 heteroatoms. The Morgan fingerprint density at radius 3 is 2.04 bits per heavy atom. The van der Waals surface area contributed by atoms with Gasteiger partial charge in [0.25, 0.3) is 0 Å². The zero-order chi connectivity index (χ0) is 20.3. The molecule has 148 valence electrons. The lowest BCUT2D eigenvalue weighted by atomic mass is 9.83. The summed E-state index contributed by atoms with van der Waals surface area (Å²) in [5.41, 5.74) is 11.9. The van der Waals surface area contributed by atoms with Gasteiger partial charge in [0.05, 0.1) is 5.69 Å². The quantitative estimate of drug-likeness (QED) is 0.683. The van der Waals surface area contributed by atoms with Crippen molar-refractivity contribution in [3.63, 3.8) is 0 Å². The lowest BCUT2D eigenvalue weighted by Crippen LogP contribution is -2.33. The Morgan fingerprint density at radius 1 is 1.07 bits per heavy atom. The van der Waals surface area contributed by atoms with Crippen LogP contribution in [-0.4, -0.2) is 24.0 Å². The second-order valence-electron chi connectivity index (χ2n) is 8.01. The monoisotopic (exact) mass is 387 g/mol. The summed E-state index contributed by atoms with van der Waals surface area (Å²) in [4.78, 5) is 18.5. The highest BCUT2D eigenvalue weighted by Crippen LogP contribution is 2.40. The molecule has 2 rings (SSSR count). The van der Waals surface area contributed by atoms with E-state index < -0.39 is 0 Å². The molecule has 0 bridgehead atoms. The lowest BCUT2D eigenvalue weighted by molar-refractivity contribution is -0.116. The summed E-state index contributed by atoms with van der Waals surface area (Å²) in [6.07, 6.45) is 0. The van der Waals surface area contributed by atoms with E-state index in [2.05, 4.69) is 59.1 Å². The van der Waals surface area contributed by atoms with Gasteiger partial charge in [-0.25, -0.2) is 4.98 Å². The highest BCUT2D eigenvalue weighted by atomic mass is 32.1. The molecule has 0 atom stereocenters. The number of hydrogen-bond donors (Lipinski definition) is 1. The Morgan fingerprint density at radius 2 is 1.63 bits per heavy atom. The van der Waals surface area contributed by atoms with Crippen LogP contribution in [0.1, 0.15) is 82.9 Å². The predicted molar refractivity (Wildman–Crippen MR) is 117 cm³/mol. The van der Waals surface area contributed by atoms with Gasteiger partial charge < -0.3 is 5.73 Å². The van der Waals surface area contributed by atoms with Crippen LogP contribution in [0.3, 0.4) is 0 Å². The first-order valence-corrected chi connectivity index (χ1v) is 10.7. The molecule has 0 aliphatic heterocycles. The van der Waals surface area contributed by atoms with Crippen molar-refractivity contribution in [2.75, 3.05) is 18.0 Å². The van der Waals surface area contributed by atoms with Gasteiger partial charge in [-0.15, -0.1) is 11.3 Å². The van der Waals surface area contributed by atoms with Crippen LogP contribution in [-0.2, 0) is 4.79 Å². The number of amides is 1. The fourth-order valence-corrected chi connectivity index (χ4v) is 4.16. The summed E-state index contributed by atoms with van der Waals surface area (Å²) in [7, 11) is 0. The second-order valence-corrected chi connectivity index (χ2v) is 8.85. The van der Waals surface area contributed by atoms with E-state index in [0.717, 1.165) is 10.8 Å². The molecule has 1 heterocycles. The molecule has 2 N–H and O–H groups in total. The van der Waals surface area contributed by atoms with Crippen molar-refractivity contribution in [2.24, 2.45) is 5.73 Å². The molecule has 0 unspecified atom stereocenters. The first kappa shape index (κ1) is 21.6. The number of aromatic nitrogens is 1. The summed E-state index contributed by atoms with van der Waals surface area (Å²) in [6, 6.07) is 4.66. The van der Waals surface area contributed by atoms with Crippen LogP contribution in [0.4, 0.5) is 5.13 Å². The maximum atomic E-state index is 12.0. The summed E-state index contributed by atoms with van der Waals surface area (Å²) >= 11 is 1.51. The first-order chi connectivity index (χ1) is 12.7. The minimum Gasteiger partial charge on any atom is -0.329 e. The van der Waals surface area contributed by atoms with Gasteiger partial charge in [-0.05, 0) is 34.4 Å². The van der Waals surface area contributed by atoms with Crippen LogP contribution in [0.2, 0.25) is 0 Å². The van der Waals surface area contributed by atoms with E-state index >= 15 is 0 Å². The lowest BCUT2D eigenvalue weighted by Gasteiger charge is -2.22. The van der Waals surface area contributed by atoms with Gasteiger partial charge in [-0.1, -0.05) is 53.7 Å². The third kappa shape index (κ3) is 4.77. The average molecular weight is 388 g/mol. The number of carbonyl (C=O) groups is 1. The van der Waals surface area contributed by atoms with E-state index in [-0.39, 0.29) is 5.91 Å². The normalized spacial score (nSPS) is 11.7. The maximum absolute atomic E-state index is 12.0. The van der Waals surface area contributed by atoms with Crippen LogP contribution in [0.25, 0.3) is 11.3 Å². The minimum atomic E-state index is -0.0235. The zero-order valence-electron chi connectivity index (χ0n) is 17.7. The summed E-state index contributed by atoms with van der Waals surface area (Å²) in [6.45, 7) is 15.9. The molecule has 1 amide bonds. The minimum absolute atomic E-state index is 0.0235. The summed E-state index contributed by atoms with van der Waals surface area (Å²) in [5, 5.41) is 2.80. The van der Waals surface area contributed by atoms with E-state index in [4.69, 9.17) is 10.7 Å². The van der Waals surface area contributed by atoms with Gasteiger partial charge in [0, 0.05) is 31.0 Å². The van der Waals surface area contributed by atoms with Crippen molar-refractivity contribution in [1.82, 2.24) is 4.98 Å². The second kappa shape index (κ2) is 8.98. The largest absolute Gasteiger partial charge is 0.329 e. The van der Waals surface area contributed by atoms with Crippen LogP contribution in [0, 0.1) is 0 Å². The van der Waals surface area contributed by atoms with Crippen molar-refractivity contribution in [2.45, 2.75) is 66.2 Å². The third-order valence-corrected chi connectivity index (χ3v) is 5.71. The number of benzene rings is 1. The highest BCUT2D eigenvalue weighted by Gasteiger charge is 2.22. The number of anilines is 1. The van der Waals surface area contributed by atoms with Gasteiger partial charge >= 0.3 is 0 Å². The fourth-order valence-electron chi connectivity index (χ4n) is 3.27. The Hall–Kier alpha value is -1.72. The molecule has 1 aromatic heterocycles. The molecule has 0 aliphatic rings. The van der Waals surface area contributed by atoms with Gasteiger partial charge in [-0.3, -0.25) is 9.69 Å². The molecule has 0 aliphatic carbocycles. The number of nitrogens with zero attached hydrogens (tertiary/aromatic N) is 2. The van der Waals surface area contributed by atoms with E-state index in [1.807, 2.05) is 0 Å². The molecule has 4 nitrogen and oxygen atoms in total. The standard InChI is InChI=1S/C22H33N3OS/c1-13(2)17-10-18(14(3)4)21(19(11-17)15(5)6)20-12-27-22(24-20)25(9-8-23)16(7)26/h10-15H,8-9,23H2,1-7H3. The SMILES string of the molecule is CC(=O)N(CCN)c1nc(-c2c(C(C)C)cc(C(C)C)cc2C(C)C)cs1. The topological polar surface area (TPSA) is 59.2 Å². The third-order valence-electron chi connectivity index (χ3n) is 4.84.